The van der Waals surface area contributed by atoms with Gasteiger partial charge in [-0.25, -0.2) is 0 Å². The second kappa shape index (κ2) is 8.73. The van der Waals surface area contributed by atoms with Crippen molar-refractivity contribution in [3.8, 4) is 17.2 Å². The standard InChI is InChI=1S/C21H17F3N2O4/c1-29-17-9-7-16(8-10-17)25-13-14-4-2-3-5-19(14)30-20-11-6-15(21(22,23)24)12-18(20)26(27)28/h2-12,25H,13H2,1H3. The van der Waals surface area contributed by atoms with Gasteiger partial charge in [-0.2, -0.15) is 13.2 Å². The molecule has 0 unspecified atom stereocenters. The highest BCUT2D eigenvalue weighted by atomic mass is 19.4. The third-order valence-corrected chi connectivity index (χ3v) is 4.25. The second-order valence-electron chi connectivity index (χ2n) is 6.23. The number of ether oxygens (including phenoxy) is 2. The Morgan fingerprint density at radius 3 is 2.33 bits per heavy atom. The SMILES string of the molecule is COc1ccc(NCc2ccccc2Oc2ccc(C(F)(F)F)cc2[N+](=O)[O-])cc1. The number of nitrogens with one attached hydrogen (secondary N) is 1. The minimum absolute atomic E-state index is 0.273. The number of rotatable bonds is 7. The van der Waals surface area contributed by atoms with Gasteiger partial charge in [-0.1, -0.05) is 18.2 Å². The van der Waals surface area contributed by atoms with E-state index >= 15 is 0 Å². The van der Waals surface area contributed by atoms with E-state index in [2.05, 4.69) is 5.32 Å². The molecule has 3 aromatic carbocycles. The van der Waals surface area contributed by atoms with Crippen LogP contribution in [0.4, 0.5) is 24.5 Å². The first-order valence-electron chi connectivity index (χ1n) is 8.77. The molecular weight excluding hydrogens is 401 g/mol. The van der Waals surface area contributed by atoms with Crippen molar-refractivity contribution < 1.29 is 27.6 Å². The Kier molecular flexibility index (Phi) is 6.10. The van der Waals surface area contributed by atoms with Crippen molar-refractivity contribution in [2.24, 2.45) is 0 Å². The molecule has 0 bridgehead atoms. The molecule has 0 aliphatic carbocycles. The molecule has 30 heavy (non-hydrogen) atoms. The minimum atomic E-state index is -4.69. The lowest BCUT2D eigenvalue weighted by atomic mass is 10.1. The monoisotopic (exact) mass is 418 g/mol. The van der Waals surface area contributed by atoms with Crippen LogP contribution in [0.1, 0.15) is 11.1 Å². The number of para-hydroxylation sites is 1. The van der Waals surface area contributed by atoms with E-state index in [0.29, 0.717) is 29.7 Å². The molecule has 0 spiro atoms. The predicted octanol–water partition coefficient (Wildman–Crippen LogP) is 6.03. The zero-order valence-electron chi connectivity index (χ0n) is 15.8. The number of anilines is 1. The Hall–Kier alpha value is -3.75. The minimum Gasteiger partial charge on any atom is -0.497 e. The highest BCUT2D eigenvalue weighted by molar-refractivity contribution is 5.53. The van der Waals surface area contributed by atoms with Crippen LogP contribution in [0.15, 0.2) is 66.7 Å². The quantitative estimate of drug-likeness (QED) is 0.375. The smallest absolute Gasteiger partial charge is 0.416 e. The van der Waals surface area contributed by atoms with E-state index in [1.54, 1.807) is 43.5 Å². The number of nitro benzene ring substituents is 1. The van der Waals surface area contributed by atoms with Crippen LogP contribution >= 0.6 is 0 Å². The fourth-order valence-electron chi connectivity index (χ4n) is 2.70. The normalized spacial score (nSPS) is 11.1. The van der Waals surface area contributed by atoms with Crippen molar-refractivity contribution in [2.45, 2.75) is 12.7 Å². The molecule has 0 saturated heterocycles. The molecule has 0 saturated carbocycles. The molecule has 3 aromatic rings. The summed E-state index contributed by atoms with van der Waals surface area (Å²) < 4.78 is 49.4. The van der Waals surface area contributed by atoms with Gasteiger partial charge in [0.15, 0.2) is 0 Å². The summed E-state index contributed by atoms with van der Waals surface area (Å²) in [5.41, 5.74) is -0.396. The van der Waals surface area contributed by atoms with Crippen LogP contribution in [0.5, 0.6) is 17.2 Å². The van der Waals surface area contributed by atoms with Crippen LogP contribution in [0, 0.1) is 10.1 Å². The first kappa shape index (κ1) is 21.0. The lowest BCUT2D eigenvalue weighted by molar-refractivity contribution is -0.385. The Morgan fingerprint density at radius 2 is 1.70 bits per heavy atom. The van der Waals surface area contributed by atoms with Gasteiger partial charge in [0.2, 0.25) is 5.75 Å². The topological polar surface area (TPSA) is 73.6 Å². The molecule has 9 heteroatoms. The molecule has 3 rings (SSSR count). The molecule has 6 nitrogen and oxygen atoms in total. The maximum atomic E-state index is 12.9. The lowest BCUT2D eigenvalue weighted by Crippen LogP contribution is -2.06. The largest absolute Gasteiger partial charge is 0.497 e. The van der Waals surface area contributed by atoms with Crippen LogP contribution in [0.2, 0.25) is 0 Å². The van der Waals surface area contributed by atoms with Gasteiger partial charge < -0.3 is 14.8 Å². The van der Waals surface area contributed by atoms with E-state index in [4.69, 9.17) is 9.47 Å². The van der Waals surface area contributed by atoms with Gasteiger partial charge in [0, 0.05) is 23.9 Å². The molecule has 0 aromatic heterocycles. The first-order chi connectivity index (χ1) is 14.3. The average Bonchev–Trinajstić information content (AvgIpc) is 2.73. The highest BCUT2D eigenvalue weighted by Crippen LogP contribution is 2.38. The summed E-state index contributed by atoms with van der Waals surface area (Å²) in [4.78, 5) is 10.4. The van der Waals surface area contributed by atoms with Gasteiger partial charge in [0.25, 0.3) is 0 Å². The van der Waals surface area contributed by atoms with E-state index in [1.165, 1.54) is 0 Å². The van der Waals surface area contributed by atoms with Crippen LogP contribution in [-0.2, 0) is 12.7 Å². The molecule has 0 aliphatic rings. The van der Waals surface area contributed by atoms with E-state index in [0.717, 1.165) is 17.8 Å². The van der Waals surface area contributed by atoms with Crippen LogP contribution in [-0.4, -0.2) is 12.0 Å². The maximum Gasteiger partial charge on any atom is 0.416 e. The molecule has 0 aliphatic heterocycles. The van der Waals surface area contributed by atoms with Crippen molar-refractivity contribution in [3.05, 3.63) is 88.0 Å². The first-order valence-corrected chi connectivity index (χ1v) is 8.77. The fraction of sp³-hybridized carbons (Fsp3) is 0.143. The summed E-state index contributed by atoms with van der Waals surface area (Å²) in [5.74, 6) is 0.727. The van der Waals surface area contributed by atoms with E-state index in [1.807, 2.05) is 12.1 Å². The predicted molar refractivity (Wildman–Crippen MR) is 105 cm³/mol. The lowest BCUT2D eigenvalue weighted by Gasteiger charge is -2.14. The zero-order chi connectivity index (χ0) is 21.7. The number of benzene rings is 3. The summed E-state index contributed by atoms with van der Waals surface area (Å²) >= 11 is 0. The third kappa shape index (κ3) is 4.99. The third-order valence-electron chi connectivity index (χ3n) is 4.25. The molecule has 0 fully saturated rings. The van der Waals surface area contributed by atoms with Gasteiger partial charge in [-0.05, 0) is 42.5 Å². The molecule has 0 heterocycles. The van der Waals surface area contributed by atoms with Gasteiger partial charge in [-0.15, -0.1) is 0 Å². The van der Waals surface area contributed by atoms with Gasteiger partial charge >= 0.3 is 11.9 Å². The molecule has 0 amide bonds. The van der Waals surface area contributed by atoms with Crippen LogP contribution < -0.4 is 14.8 Å². The number of nitrogens with zero attached hydrogens (tertiary/aromatic N) is 1. The summed E-state index contributed by atoms with van der Waals surface area (Å²) in [7, 11) is 1.57. The Balaban J connectivity index is 1.83. The molecule has 1 N–H and O–H groups in total. The summed E-state index contributed by atoms with van der Waals surface area (Å²) in [6, 6.07) is 16.2. The Morgan fingerprint density at radius 1 is 1.00 bits per heavy atom. The van der Waals surface area contributed by atoms with Gasteiger partial charge in [-0.3, -0.25) is 10.1 Å². The number of nitro groups is 1. The second-order valence-corrected chi connectivity index (χ2v) is 6.23. The summed E-state index contributed by atoms with van der Waals surface area (Å²) in [5, 5.41) is 14.5. The Labute approximate surface area is 170 Å². The number of methoxy groups -OCH3 is 1. The summed E-state index contributed by atoms with van der Waals surface area (Å²) in [6.07, 6.45) is -4.69. The van der Waals surface area contributed by atoms with E-state index in [-0.39, 0.29) is 5.75 Å². The average molecular weight is 418 g/mol. The van der Waals surface area contributed by atoms with Crippen LogP contribution in [0.3, 0.4) is 0 Å². The number of hydrogen-bond acceptors (Lipinski definition) is 5. The molecule has 0 atom stereocenters. The van der Waals surface area contributed by atoms with Gasteiger partial charge in [0.1, 0.15) is 11.5 Å². The van der Waals surface area contributed by atoms with E-state index < -0.39 is 22.4 Å². The highest BCUT2D eigenvalue weighted by Gasteiger charge is 2.33. The fourth-order valence-corrected chi connectivity index (χ4v) is 2.70. The zero-order valence-corrected chi connectivity index (χ0v) is 15.8. The van der Waals surface area contributed by atoms with E-state index in [9.17, 15) is 23.3 Å². The number of alkyl halides is 3. The van der Waals surface area contributed by atoms with Crippen molar-refractivity contribution in [2.75, 3.05) is 12.4 Å². The van der Waals surface area contributed by atoms with Crippen molar-refractivity contribution >= 4 is 11.4 Å². The maximum absolute atomic E-state index is 12.9. The van der Waals surface area contributed by atoms with Crippen molar-refractivity contribution in [1.82, 2.24) is 0 Å². The molecular formula is C21H17F3N2O4. The van der Waals surface area contributed by atoms with Crippen LogP contribution in [0.25, 0.3) is 0 Å². The molecule has 0 radical (unpaired) electrons. The number of hydrogen-bond donors (Lipinski definition) is 1. The van der Waals surface area contributed by atoms with Crippen molar-refractivity contribution in [3.63, 3.8) is 0 Å². The number of halogens is 3. The van der Waals surface area contributed by atoms with Crippen molar-refractivity contribution in [1.29, 1.82) is 0 Å². The summed E-state index contributed by atoms with van der Waals surface area (Å²) in [6.45, 7) is 0.330. The van der Waals surface area contributed by atoms with Gasteiger partial charge in [0.05, 0.1) is 17.6 Å². The molecule has 156 valence electrons. The Bertz CT molecular complexity index is 1040.